The summed E-state index contributed by atoms with van der Waals surface area (Å²) in [5, 5.41) is 10.7. The average Bonchev–Trinajstić information content (AvgIpc) is 2.88. The number of hydrogen-bond acceptors (Lipinski definition) is 1. The fraction of sp³-hybridized carbons (Fsp3) is 0.238. The van der Waals surface area contributed by atoms with Crippen LogP contribution in [-0.2, 0) is 12.8 Å². The summed E-state index contributed by atoms with van der Waals surface area (Å²) in [5.74, 6) is 0.304. The molecule has 1 heterocycles. The maximum Gasteiger partial charge on any atom is 0.117 e. The minimum atomic E-state index is 0.304. The molecule has 0 amide bonds. The lowest BCUT2D eigenvalue weighted by atomic mass is 9.91. The average molecular weight is 338 g/mol. The summed E-state index contributed by atoms with van der Waals surface area (Å²) < 4.78 is 2.32. The third kappa shape index (κ3) is 2.51. The van der Waals surface area contributed by atoms with Crippen molar-refractivity contribution in [3.63, 3.8) is 0 Å². The Labute approximate surface area is 147 Å². The van der Waals surface area contributed by atoms with Crippen LogP contribution in [0.2, 0.25) is 5.02 Å². The van der Waals surface area contributed by atoms with Gasteiger partial charge < -0.3 is 9.67 Å². The Morgan fingerprint density at radius 3 is 2.50 bits per heavy atom. The summed E-state index contributed by atoms with van der Waals surface area (Å²) in [6.45, 7) is 2.17. The number of benzene rings is 2. The van der Waals surface area contributed by atoms with Gasteiger partial charge in [-0.05, 0) is 68.0 Å². The Hall–Kier alpha value is -2.19. The Morgan fingerprint density at radius 2 is 1.75 bits per heavy atom. The molecule has 0 spiro atoms. The first kappa shape index (κ1) is 15.3. The molecule has 0 bridgehead atoms. The zero-order chi connectivity index (χ0) is 16.7. The number of aromatic nitrogens is 1. The third-order valence-corrected chi connectivity index (χ3v) is 5.18. The molecule has 3 heteroatoms. The molecule has 1 aliphatic carbocycles. The fourth-order valence-corrected chi connectivity index (χ4v) is 4.05. The van der Waals surface area contributed by atoms with Gasteiger partial charge in [-0.2, -0.15) is 0 Å². The van der Waals surface area contributed by atoms with E-state index >= 15 is 0 Å². The van der Waals surface area contributed by atoms with Gasteiger partial charge in [-0.3, -0.25) is 0 Å². The highest BCUT2D eigenvalue weighted by Crippen LogP contribution is 2.39. The highest BCUT2D eigenvalue weighted by Gasteiger charge is 2.24. The first-order chi connectivity index (χ1) is 11.6. The number of aromatic hydroxyl groups is 1. The van der Waals surface area contributed by atoms with Gasteiger partial charge in [-0.1, -0.05) is 29.8 Å². The number of rotatable bonds is 2. The highest BCUT2D eigenvalue weighted by atomic mass is 35.5. The SMILES string of the molecule is Cc1c(-c2ccc(Cl)cc2)c2c(n1-c1cccc(O)c1)CCCC2. The van der Waals surface area contributed by atoms with Crippen LogP contribution in [0.1, 0.15) is 29.8 Å². The van der Waals surface area contributed by atoms with Crippen molar-refractivity contribution in [2.24, 2.45) is 0 Å². The van der Waals surface area contributed by atoms with Gasteiger partial charge in [0.25, 0.3) is 0 Å². The second-order valence-electron chi connectivity index (χ2n) is 6.45. The summed E-state index contributed by atoms with van der Waals surface area (Å²) in [6, 6.07) is 15.6. The van der Waals surface area contributed by atoms with Crippen LogP contribution in [0.5, 0.6) is 5.75 Å². The number of fused-ring (bicyclic) bond motifs is 1. The van der Waals surface area contributed by atoms with Crippen LogP contribution in [0.3, 0.4) is 0 Å². The monoisotopic (exact) mass is 337 g/mol. The van der Waals surface area contributed by atoms with Crippen molar-refractivity contribution < 1.29 is 5.11 Å². The molecule has 0 fully saturated rings. The van der Waals surface area contributed by atoms with E-state index in [0.717, 1.165) is 23.6 Å². The third-order valence-electron chi connectivity index (χ3n) is 4.93. The van der Waals surface area contributed by atoms with Crippen LogP contribution < -0.4 is 0 Å². The van der Waals surface area contributed by atoms with Crippen LogP contribution in [-0.4, -0.2) is 9.67 Å². The fourth-order valence-electron chi connectivity index (χ4n) is 3.92. The van der Waals surface area contributed by atoms with Crippen molar-refractivity contribution in [3.8, 4) is 22.6 Å². The van der Waals surface area contributed by atoms with Gasteiger partial charge in [-0.25, -0.2) is 0 Å². The van der Waals surface area contributed by atoms with Gasteiger partial charge in [0.2, 0.25) is 0 Å². The lowest BCUT2D eigenvalue weighted by Crippen LogP contribution is -2.07. The number of hydrogen-bond donors (Lipinski definition) is 1. The Balaban J connectivity index is 1.97. The summed E-state index contributed by atoms with van der Waals surface area (Å²) in [5.41, 5.74) is 7.64. The minimum absolute atomic E-state index is 0.304. The molecule has 0 saturated heterocycles. The number of halogens is 1. The second-order valence-corrected chi connectivity index (χ2v) is 6.89. The summed E-state index contributed by atoms with van der Waals surface area (Å²) in [4.78, 5) is 0. The lowest BCUT2D eigenvalue weighted by molar-refractivity contribution is 0.475. The molecule has 0 saturated carbocycles. The maximum absolute atomic E-state index is 9.90. The smallest absolute Gasteiger partial charge is 0.117 e. The topological polar surface area (TPSA) is 25.2 Å². The molecular formula is C21H20ClNO. The molecule has 1 aliphatic rings. The van der Waals surface area contributed by atoms with Gasteiger partial charge in [0.15, 0.2) is 0 Å². The molecule has 0 radical (unpaired) electrons. The van der Waals surface area contributed by atoms with E-state index in [-0.39, 0.29) is 0 Å². The molecule has 2 nitrogen and oxygen atoms in total. The van der Waals surface area contributed by atoms with E-state index in [2.05, 4.69) is 29.7 Å². The van der Waals surface area contributed by atoms with Crippen LogP contribution in [0.4, 0.5) is 0 Å². The molecule has 2 aromatic carbocycles. The van der Waals surface area contributed by atoms with Gasteiger partial charge in [0, 0.05) is 33.7 Å². The van der Waals surface area contributed by atoms with Gasteiger partial charge >= 0.3 is 0 Å². The first-order valence-corrected chi connectivity index (χ1v) is 8.81. The largest absolute Gasteiger partial charge is 0.508 e. The number of phenolic OH excluding ortho intramolecular Hbond substituents is 1. The van der Waals surface area contributed by atoms with Crippen LogP contribution in [0.25, 0.3) is 16.8 Å². The van der Waals surface area contributed by atoms with Crippen LogP contribution in [0, 0.1) is 6.92 Å². The van der Waals surface area contributed by atoms with Gasteiger partial charge in [-0.15, -0.1) is 0 Å². The molecule has 1 N–H and O–H groups in total. The predicted octanol–water partition coefficient (Wildman–Crippen LogP) is 5.69. The minimum Gasteiger partial charge on any atom is -0.508 e. The molecule has 1 aromatic heterocycles. The van der Waals surface area contributed by atoms with Gasteiger partial charge in [0.05, 0.1) is 0 Å². The van der Waals surface area contributed by atoms with Crippen molar-refractivity contribution >= 4 is 11.6 Å². The van der Waals surface area contributed by atoms with E-state index in [4.69, 9.17) is 11.6 Å². The van der Waals surface area contributed by atoms with E-state index in [1.807, 2.05) is 24.3 Å². The van der Waals surface area contributed by atoms with E-state index < -0.39 is 0 Å². The zero-order valence-electron chi connectivity index (χ0n) is 13.7. The van der Waals surface area contributed by atoms with Crippen molar-refractivity contribution in [2.75, 3.05) is 0 Å². The summed E-state index contributed by atoms with van der Waals surface area (Å²) in [6.07, 6.45) is 4.64. The summed E-state index contributed by atoms with van der Waals surface area (Å²) >= 11 is 6.07. The van der Waals surface area contributed by atoms with E-state index in [1.165, 1.54) is 40.9 Å². The van der Waals surface area contributed by atoms with E-state index in [9.17, 15) is 5.11 Å². The van der Waals surface area contributed by atoms with Crippen molar-refractivity contribution in [1.29, 1.82) is 0 Å². The first-order valence-electron chi connectivity index (χ1n) is 8.43. The quantitative estimate of drug-likeness (QED) is 0.638. The molecule has 0 atom stereocenters. The number of nitrogens with zero attached hydrogens (tertiary/aromatic N) is 1. The highest BCUT2D eigenvalue weighted by molar-refractivity contribution is 6.30. The standard InChI is InChI=1S/C21H20ClNO/c1-14-21(15-9-11-16(22)12-10-15)19-7-2-3-8-20(19)23(14)17-5-4-6-18(24)13-17/h4-6,9-13,24H,2-3,7-8H2,1H3. The summed E-state index contributed by atoms with van der Waals surface area (Å²) in [7, 11) is 0. The van der Waals surface area contributed by atoms with Crippen molar-refractivity contribution in [1.82, 2.24) is 4.57 Å². The second kappa shape index (κ2) is 6.03. The van der Waals surface area contributed by atoms with Crippen LogP contribution >= 0.6 is 11.6 Å². The van der Waals surface area contributed by atoms with Crippen LogP contribution in [0.15, 0.2) is 48.5 Å². The molecule has 0 aliphatic heterocycles. The Kier molecular flexibility index (Phi) is 3.85. The molecule has 0 unspecified atom stereocenters. The van der Waals surface area contributed by atoms with E-state index in [0.29, 0.717) is 5.75 Å². The lowest BCUT2D eigenvalue weighted by Gasteiger charge is -2.17. The molecule has 24 heavy (non-hydrogen) atoms. The van der Waals surface area contributed by atoms with Crippen molar-refractivity contribution in [2.45, 2.75) is 32.6 Å². The van der Waals surface area contributed by atoms with E-state index in [1.54, 1.807) is 6.07 Å². The molecule has 122 valence electrons. The maximum atomic E-state index is 9.90. The Bertz CT molecular complexity index is 893. The molecule has 3 aromatic rings. The molecular weight excluding hydrogens is 318 g/mol. The predicted molar refractivity (Wildman–Crippen MR) is 99.3 cm³/mol. The molecule has 4 rings (SSSR count). The Morgan fingerprint density at radius 1 is 1.00 bits per heavy atom. The number of phenols is 1. The normalized spacial score (nSPS) is 13.8. The van der Waals surface area contributed by atoms with Gasteiger partial charge in [0.1, 0.15) is 5.75 Å². The van der Waals surface area contributed by atoms with Crippen molar-refractivity contribution in [3.05, 3.63) is 70.5 Å². The zero-order valence-corrected chi connectivity index (χ0v) is 14.5.